The van der Waals surface area contributed by atoms with Gasteiger partial charge in [0.15, 0.2) is 0 Å². The molecule has 3 heterocycles. The first-order valence-electron chi connectivity index (χ1n) is 9.18. The number of fused-ring (bicyclic) bond motifs is 2. The number of rotatable bonds is 3. The molecule has 5 nitrogen and oxygen atoms in total. The van der Waals surface area contributed by atoms with Gasteiger partial charge in [0.1, 0.15) is 0 Å². The van der Waals surface area contributed by atoms with Crippen molar-refractivity contribution in [3.8, 4) is 5.69 Å². The highest BCUT2D eigenvalue weighted by atomic mass is 35.5. The third-order valence-corrected chi connectivity index (χ3v) is 5.68. The first kappa shape index (κ1) is 18.9. The fourth-order valence-electron chi connectivity index (χ4n) is 4.35. The van der Waals surface area contributed by atoms with Crippen molar-refractivity contribution in [2.75, 3.05) is 7.05 Å². The van der Waals surface area contributed by atoms with Gasteiger partial charge in [-0.15, -0.1) is 12.4 Å². The van der Waals surface area contributed by atoms with E-state index in [2.05, 4.69) is 16.5 Å². The Morgan fingerprint density at radius 2 is 1.77 bits per heavy atom. The molecule has 1 aromatic carbocycles. The Hall–Kier alpha value is -1.85. The van der Waals surface area contributed by atoms with Crippen LogP contribution in [0.15, 0.2) is 30.3 Å². The maximum absolute atomic E-state index is 12.9. The Morgan fingerprint density at radius 3 is 2.31 bits per heavy atom. The van der Waals surface area contributed by atoms with Gasteiger partial charge in [0.05, 0.1) is 11.4 Å². The smallest absolute Gasteiger partial charge is 0.253 e. The highest BCUT2D eigenvalue weighted by molar-refractivity contribution is 5.94. The van der Waals surface area contributed by atoms with E-state index in [0.29, 0.717) is 18.1 Å². The minimum atomic E-state index is 0. The van der Waals surface area contributed by atoms with Gasteiger partial charge >= 0.3 is 0 Å². The zero-order valence-electron chi connectivity index (χ0n) is 15.6. The topological polar surface area (TPSA) is 50.2 Å². The van der Waals surface area contributed by atoms with Crippen molar-refractivity contribution in [3.05, 3.63) is 47.3 Å². The number of aryl methyl sites for hydroxylation is 2. The number of carbonyl (C=O) groups is 1. The second-order valence-electron chi connectivity index (χ2n) is 7.56. The number of carbonyl (C=O) groups excluding carboxylic acids is 1. The summed E-state index contributed by atoms with van der Waals surface area (Å²) in [6, 6.07) is 11.4. The van der Waals surface area contributed by atoms with Gasteiger partial charge in [0.25, 0.3) is 5.91 Å². The fraction of sp³-hybridized carbons (Fsp3) is 0.500. The van der Waals surface area contributed by atoms with Crippen molar-refractivity contribution in [2.24, 2.45) is 0 Å². The summed E-state index contributed by atoms with van der Waals surface area (Å²) in [5, 5.41) is 8.14. The summed E-state index contributed by atoms with van der Waals surface area (Å²) in [7, 11) is 1.95. The summed E-state index contributed by atoms with van der Waals surface area (Å²) in [6.45, 7) is 4.03. The lowest BCUT2D eigenvalue weighted by Crippen LogP contribution is -2.48. The second kappa shape index (κ2) is 7.41. The maximum atomic E-state index is 12.9. The summed E-state index contributed by atoms with van der Waals surface area (Å²) in [5.74, 6) is 0.117. The molecular formula is C20H27ClN4O. The standard InChI is InChI=1S/C20H26N4O.ClH/c1-13-10-14(2)24(22-13)18-8-4-15(5-9-18)20(25)23(3)19-11-16-6-7-17(12-19)21-16;/h4-5,8-10,16-17,19,21H,6-7,11-12H2,1-3H3;1H. The molecule has 1 amide bonds. The fourth-order valence-corrected chi connectivity index (χ4v) is 4.35. The maximum Gasteiger partial charge on any atom is 0.253 e. The van der Waals surface area contributed by atoms with Crippen LogP contribution in [0.5, 0.6) is 0 Å². The summed E-state index contributed by atoms with van der Waals surface area (Å²) in [5.41, 5.74) is 3.83. The summed E-state index contributed by atoms with van der Waals surface area (Å²) in [6.07, 6.45) is 4.65. The molecule has 4 rings (SSSR count). The van der Waals surface area contributed by atoms with E-state index in [1.54, 1.807) is 0 Å². The van der Waals surface area contributed by atoms with Gasteiger partial charge in [0, 0.05) is 36.4 Å². The Kier molecular flexibility index (Phi) is 5.39. The lowest BCUT2D eigenvalue weighted by Gasteiger charge is -2.35. The predicted molar refractivity (Wildman–Crippen MR) is 105 cm³/mol. The van der Waals surface area contributed by atoms with E-state index < -0.39 is 0 Å². The number of piperidine rings is 1. The molecule has 2 fully saturated rings. The van der Waals surface area contributed by atoms with Crippen LogP contribution in [0.2, 0.25) is 0 Å². The molecule has 2 unspecified atom stereocenters. The molecule has 2 bridgehead atoms. The highest BCUT2D eigenvalue weighted by Gasteiger charge is 2.36. The van der Waals surface area contributed by atoms with Crippen LogP contribution in [0.25, 0.3) is 5.69 Å². The van der Waals surface area contributed by atoms with Gasteiger partial charge in [-0.25, -0.2) is 4.68 Å². The molecule has 2 aliphatic heterocycles. The van der Waals surface area contributed by atoms with Crippen molar-refractivity contribution in [3.63, 3.8) is 0 Å². The minimum absolute atomic E-state index is 0. The molecule has 0 aliphatic carbocycles. The summed E-state index contributed by atoms with van der Waals surface area (Å²) in [4.78, 5) is 14.8. The van der Waals surface area contributed by atoms with Crippen LogP contribution in [-0.4, -0.2) is 45.8 Å². The van der Waals surface area contributed by atoms with E-state index in [0.717, 1.165) is 35.5 Å². The molecule has 2 saturated heterocycles. The van der Waals surface area contributed by atoms with E-state index in [-0.39, 0.29) is 18.3 Å². The Labute approximate surface area is 161 Å². The number of halogens is 1. The first-order chi connectivity index (χ1) is 12.0. The average Bonchev–Trinajstić information content (AvgIpc) is 3.14. The van der Waals surface area contributed by atoms with Crippen LogP contribution in [-0.2, 0) is 0 Å². The van der Waals surface area contributed by atoms with Gasteiger partial charge in [-0.1, -0.05) is 0 Å². The third-order valence-electron chi connectivity index (χ3n) is 5.68. The highest BCUT2D eigenvalue weighted by Crippen LogP contribution is 2.30. The van der Waals surface area contributed by atoms with Gasteiger partial charge in [-0.3, -0.25) is 4.79 Å². The molecule has 2 atom stereocenters. The second-order valence-corrected chi connectivity index (χ2v) is 7.56. The molecular weight excluding hydrogens is 348 g/mol. The van der Waals surface area contributed by atoms with E-state index >= 15 is 0 Å². The van der Waals surface area contributed by atoms with Crippen molar-refractivity contribution < 1.29 is 4.79 Å². The van der Waals surface area contributed by atoms with Crippen LogP contribution < -0.4 is 5.32 Å². The van der Waals surface area contributed by atoms with Gasteiger partial charge < -0.3 is 10.2 Å². The van der Waals surface area contributed by atoms with E-state index in [9.17, 15) is 4.79 Å². The number of benzene rings is 1. The lowest BCUT2D eigenvalue weighted by atomic mass is 9.98. The third kappa shape index (κ3) is 3.51. The zero-order chi connectivity index (χ0) is 17.6. The van der Waals surface area contributed by atoms with Crippen LogP contribution in [0.1, 0.15) is 47.4 Å². The molecule has 1 N–H and O–H groups in total. The largest absolute Gasteiger partial charge is 0.339 e. The Balaban J connectivity index is 0.00000196. The normalized spacial score (nSPS) is 24.2. The lowest BCUT2D eigenvalue weighted by molar-refractivity contribution is 0.0681. The van der Waals surface area contributed by atoms with Gasteiger partial charge in [-0.05, 0) is 69.9 Å². The molecule has 0 saturated carbocycles. The van der Waals surface area contributed by atoms with Crippen molar-refractivity contribution in [1.82, 2.24) is 20.0 Å². The molecule has 1 aromatic heterocycles. The van der Waals surface area contributed by atoms with E-state index in [1.165, 1.54) is 12.8 Å². The Morgan fingerprint density at radius 1 is 1.15 bits per heavy atom. The molecule has 26 heavy (non-hydrogen) atoms. The van der Waals surface area contributed by atoms with Crippen molar-refractivity contribution >= 4 is 18.3 Å². The SMILES string of the molecule is Cc1cc(C)n(-c2ccc(C(=O)N(C)C3CC4CCC(C3)N4)cc2)n1.Cl. The molecule has 0 radical (unpaired) electrons. The molecule has 2 aromatic rings. The summed E-state index contributed by atoms with van der Waals surface area (Å²) < 4.78 is 1.91. The number of aromatic nitrogens is 2. The van der Waals surface area contributed by atoms with Crippen LogP contribution in [0.3, 0.4) is 0 Å². The van der Waals surface area contributed by atoms with Gasteiger partial charge in [-0.2, -0.15) is 5.10 Å². The number of hydrogen-bond donors (Lipinski definition) is 1. The van der Waals surface area contributed by atoms with Gasteiger partial charge in [0.2, 0.25) is 0 Å². The average molecular weight is 375 g/mol. The minimum Gasteiger partial charge on any atom is -0.339 e. The first-order valence-corrected chi connectivity index (χ1v) is 9.18. The van der Waals surface area contributed by atoms with Crippen molar-refractivity contribution in [1.29, 1.82) is 0 Å². The zero-order valence-corrected chi connectivity index (χ0v) is 16.4. The molecule has 140 valence electrons. The van der Waals surface area contributed by atoms with Crippen LogP contribution in [0.4, 0.5) is 0 Å². The van der Waals surface area contributed by atoms with E-state index in [1.807, 2.05) is 54.7 Å². The van der Waals surface area contributed by atoms with E-state index in [4.69, 9.17) is 0 Å². The van der Waals surface area contributed by atoms with Crippen LogP contribution >= 0.6 is 12.4 Å². The number of nitrogens with zero attached hydrogens (tertiary/aromatic N) is 3. The Bertz CT molecular complexity index is 774. The summed E-state index contributed by atoms with van der Waals surface area (Å²) >= 11 is 0. The van der Waals surface area contributed by atoms with Crippen LogP contribution in [0, 0.1) is 13.8 Å². The molecule has 6 heteroatoms. The monoisotopic (exact) mass is 374 g/mol. The number of nitrogens with one attached hydrogen (secondary N) is 1. The predicted octanol–water partition coefficient (Wildman–Crippen LogP) is 3.27. The molecule has 0 spiro atoms. The number of amides is 1. The quantitative estimate of drug-likeness (QED) is 0.897. The number of hydrogen-bond acceptors (Lipinski definition) is 3. The van der Waals surface area contributed by atoms with Crippen molar-refractivity contribution in [2.45, 2.75) is 57.7 Å². The molecule has 2 aliphatic rings.